The summed E-state index contributed by atoms with van der Waals surface area (Å²) in [6.45, 7) is 4.10. The SMILES string of the molecule is Cc1ccc(-c2nc3c(c(=O)[nH]2)CCN(Cc2cc(-c4ccccc4)on2)C3)cc1. The first-order valence-corrected chi connectivity index (χ1v) is 10.1. The lowest BCUT2D eigenvalue weighted by molar-refractivity contribution is 0.233. The number of benzene rings is 2. The quantitative estimate of drug-likeness (QED) is 0.563. The molecule has 30 heavy (non-hydrogen) atoms. The van der Waals surface area contributed by atoms with E-state index in [9.17, 15) is 4.79 Å². The van der Waals surface area contributed by atoms with E-state index < -0.39 is 0 Å². The summed E-state index contributed by atoms with van der Waals surface area (Å²) in [6, 6.07) is 19.9. The lowest BCUT2D eigenvalue weighted by Gasteiger charge is -2.26. The van der Waals surface area contributed by atoms with E-state index >= 15 is 0 Å². The predicted molar refractivity (Wildman–Crippen MR) is 115 cm³/mol. The number of aromatic nitrogens is 3. The smallest absolute Gasteiger partial charge is 0.254 e. The van der Waals surface area contributed by atoms with Gasteiger partial charge in [-0.05, 0) is 13.3 Å². The van der Waals surface area contributed by atoms with Gasteiger partial charge in [-0.2, -0.15) is 0 Å². The van der Waals surface area contributed by atoms with Crippen molar-refractivity contribution < 1.29 is 4.52 Å². The van der Waals surface area contributed by atoms with E-state index in [-0.39, 0.29) is 5.56 Å². The van der Waals surface area contributed by atoms with Crippen LogP contribution in [0.4, 0.5) is 0 Å². The Morgan fingerprint density at radius 2 is 1.87 bits per heavy atom. The van der Waals surface area contributed by atoms with Gasteiger partial charge >= 0.3 is 0 Å². The van der Waals surface area contributed by atoms with Crippen LogP contribution in [-0.4, -0.2) is 26.6 Å². The van der Waals surface area contributed by atoms with Gasteiger partial charge in [0.2, 0.25) is 0 Å². The van der Waals surface area contributed by atoms with Crippen molar-refractivity contribution in [1.29, 1.82) is 0 Å². The molecule has 0 aliphatic carbocycles. The van der Waals surface area contributed by atoms with Gasteiger partial charge in [0.15, 0.2) is 5.76 Å². The van der Waals surface area contributed by atoms with Crippen LogP contribution in [0.15, 0.2) is 70.0 Å². The molecule has 0 bridgehead atoms. The fraction of sp³-hybridized carbons (Fsp3) is 0.208. The summed E-state index contributed by atoms with van der Waals surface area (Å²) in [6.07, 6.45) is 0.676. The molecule has 0 fully saturated rings. The Kier molecular flexibility index (Phi) is 4.77. The van der Waals surface area contributed by atoms with E-state index in [0.717, 1.165) is 40.4 Å². The third-order valence-corrected chi connectivity index (χ3v) is 5.48. The van der Waals surface area contributed by atoms with Gasteiger partial charge in [-0.1, -0.05) is 65.3 Å². The van der Waals surface area contributed by atoms with Gasteiger partial charge in [0.05, 0.1) is 11.4 Å². The minimum absolute atomic E-state index is 0.0389. The molecule has 5 rings (SSSR count). The molecule has 1 aliphatic heterocycles. The molecule has 6 heteroatoms. The Balaban J connectivity index is 1.36. The second kappa shape index (κ2) is 7.72. The Labute approximate surface area is 174 Å². The summed E-state index contributed by atoms with van der Waals surface area (Å²) in [5.74, 6) is 1.38. The van der Waals surface area contributed by atoms with Crippen molar-refractivity contribution in [3.8, 4) is 22.7 Å². The van der Waals surface area contributed by atoms with Gasteiger partial charge in [0, 0.05) is 42.4 Å². The lowest BCUT2D eigenvalue weighted by Crippen LogP contribution is -2.35. The highest BCUT2D eigenvalue weighted by atomic mass is 16.5. The molecule has 2 aromatic heterocycles. The van der Waals surface area contributed by atoms with E-state index in [0.29, 0.717) is 25.3 Å². The van der Waals surface area contributed by atoms with Crippen molar-refractivity contribution in [3.05, 3.63) is 93.5 Å². The lowest BCUT2D eigenvalue weighted by atomic mass is 10.1. The third-order valence-electron chi connectivity index (χ3n) is 5.48. The molecule has 2 aromatic carbocycles. The molecule has 0 spiro atoms. The molecule has 0 unspecified atom stereocenters. The number of rotatable bonds is 4. The van der Waals surface area contributed by atoms with Crippen LogP contribution in [0.2, 0.25) is 0 Å². The van der Waals surface area contributed by atoms with E-state index in [2.05, 4.69) is 15.0 Å². The number of hydrogen-bond acceptors (Lipinski definition) is 5. The van der Waals surface area contributed by atoms with Crippen molar-refractivity contribution in [3.63, 3.8) is 0 Å². The van der Waals surface area contributed by atoms with Crippen LogP contribution in [0, 0.1) is 6.92 Å². The molecule has 0 saturated carbocycles. The number of nitrogens with one attached hydrogen (secondary N) is 1. The number of hydrogen-bond donors (Lipinski definition) is 1. The highest BCUT2D eigenvalue weighted by Gasteiger charge is 2.22. The van der Waals surface area contributed by atoms with Crippen LogP contribution in [0.5, 0.6) is 0 Å². The van der Waals surface area contributed by atoms with Crippen molar-refractivity contribution in [2.24, 2.45) is 0 Å². The summed E-state index contributed by atoms with van der Waals surface area (Å²) < 4.78 is 5.52. The fourth-order valence-corrected chi connectivity index (χ4v) is 3.83. The monoisotopic (exact) mass is 398 g/mol. The first-order valence-electron chi connectivity index (χ1n) is 10.1. The van der Waals surface area contributed by atoms with Crippen molar-refractivity contribution >= 4 is 0 Å². The maximum Gasteiger partial charge on any atom is 0.254 e. The molecule has 3 heterocycles. The Bertz CT molecular complexity index is 1230. The molecular formula is C24H22N4O2. The summed E-state index contributed by atoms with van der Waals surface area (Å²) in [5, 5.41) is 4.23. The number of nitrogens with zero attached hydrogens (tertiary/aromatic N) is 3. The normalized spacial score (nSPS) is 13.9. The summed E-state index contributed by atoms with van der Waals surface area (Å²) in [5.41, 5.74) is 5.56. The molecule has 150 valence electrons. The van der Waals surface area contributed by atoms with Gasteiger partial charge in [-0.15, -0.1) is 0 Å². The van der Waals surface area contributed by atoms with Crippen LogP contribution in [0.25, 0.3) is 22.7 Å². The van der Waals surface area contributed by atoms with Crippen molar-refractivity contribution in [2.45, 2.75) is 26.4 Å². The zero-order valence-corrected chi connectivity index (χ0v) is 16.8. The van der Waals surface area contributed by atoms with E-state index in [4.69, 9.17) is 9.51 Å². The highest BCUT2D eigenvalue weighted by molar-refractivity contribution is 5.57. The average Bonchev–Trinajstić information content (AvgIpc) is 3.23. The minimum atomic E-state index is -0.0389. The van der Waals surface area contributed by atoms with E-state index in [1.165, 1.54) is 5.56 Å². The average molecular weight is 398 g/mol. The Morgan fingerprint density at radius 1 is 1.07 bits per heavy atom. The van der Waals surface area contributed by atoms with Crippen LogP contribution < -0.4 is 5.56 Å². The zero-order valence-electron chi connectivity index (χ0n) is 16.8. The van der Waals surface area contributed by atoms with Crippen LogP contribution in [-0.2, 0) is 19.5 Å². The number of fused-ring (bicyclic) bond motifs is 1. The Hall–Kier alpha value is -3.51. The van der Waals surface area contributed by atoms with Crippen molar-refractivity contribution in [1.82, 2.24) is 20.0 Å². The topological polar surface area (TPSA) is 75.0 Å². The molecule has 0 amide bonds. The fourth-order valence-electron chi connectivity index (χ4n) is 3.83. The first-order chi connectivity index (χ1) is 14.7. The number of H-pyrrole nitrogens is 1. The minimum Gasteiger partial charge on any atom is -0.356 e. The summed E-state index contributed by atoms with van der Waals surface area (Å²) >= 11 is 0. The maximum atomic E-state index is 12.6. The van der Waals surface area contributed by atoms with Gasteiger partial charge in [0.1, 0.15) is 5.82 Å². The molecule has 1 N–H and O–H groups in total. The standard InChI is InChI=1S/C24H22N4O2/c1-16-7-9-18(10-8-16)23-25-21-15-28(12-11-20(21)24(29)26-23)14-19-13-22(30-27-19)17-5-3-2-4-6-17/h2-10,13H,11-12,14-15H2,1H3,(H,25,26,29). The van der Waals surface area contributed by atoms with Crippen LogP contribution in [0.3, 0.4) is 0 Å². The van der Waals surface area contributed by atoms with Gasteiger partial charge in [-0.3, -0.25) is 9.69 Å². The molecule has 1 aliphatic rings. The number of aryl methyl sites for hydroxylation is 1. The summed E-state index contributed by atoms with van der Waals surface area (Å²) in [4.78, 5) is 22.6. The van der Waals surface area contributed by atoms with Gasteiger partial charge < -0.3 is 9.51 Å². The van der Waals surface area contributed by atoms with Gasteiger partial charge in [0.25, 0.3) is 5.56 Å². The predicted octanol–water partition coefficient (Wildman–Crippen LogP) is 3.96. The molecule has 0 saturated heterocycles. The first kappa shape index (κ1) is 18.5. The second-order valence-corrected chi connectivity index (χ2v) is 7.71. The van der Waals surface area contributed by atoms with Gasteiger partial charge in [-0.25, -0.2) is 4.98 Å². The summed E-state index contributed by atoms with van der Waals surface area (Å²) in [7, 11) is 0. The zero-order chi connectivity index (χ0) is 20.5. The molecular weight excluding hydrogens is 376 g/mol. The van der Waals surface area contributed by atoms with E-state index in [1.54, 1.807) is 0 Å². The second-order valence-electron chi connectivity index (χ2n) is 7.71. The maximum absolute atomic E-state index is 12.6. The van der Waals surface area contributed by atoms with Crippen molar-refractivity contribution in [2.75, 3.05) is 6.54 Å². The van der Waals surface area contributed by atoms with E-state index in [1.807, 2.05) is 67.6 Å². The molecule has 0 radical (unpaired) electrons. The number of aromatic amines is 1. The highest BCUT2D eigenvalue weighted by Crippen LogP contribution is 2.23. The third kappa shape index (κ3) is 3.69. The molecule has 0 atom stereocenters. The molecule has 4 aromatic rings. The largest absolute Gasteiger partial charge is 0.356 e. The molecule has 6 nitrogen and oxygen atoms in total. The Morgan fingerprint density at radius 3 is 2.67 bits per heavy atom. The van der Waals surface area contributed by atoms with Crippen LogP contribution >= 0.6 is 0 Å². The van der Waals surface area contributed by atoms with Crippen LogP contribution in [0.1, 0.15) is 22.5 Å².